The van der Waals surface area contributed by atoms with Gasteiger partial charge in [0, 0.05) is 22.2 Å². The molecule has 4 rings (SSSR count). The number of urea groups is 1. The molecule has 0 aromatic heterocycles. The third-order valence-corrected chi connectivity index (χ3v) is 8.99. The van der Waals surface area contributed by atoms with E-state index in [1.54, 1.807) is 30.3 Å². The van der Waals surface area contributed by atoms with Crippen LogP contribution in [0.4, 0.5) is 16.2 Å². The van der Waals surface area contributed by atoms with Crippen molar-refractivity contribution >= 4 is 85.5 Å². The van der Waals surface area contributed by atoms with Gasteiger partial charge >= 0.3 is 12.0 Å². The highest BCUT2D eigenvalue weighted by atomic mass is 35.5. The topological polar surface area (TPSA) is 142 Å². The second-order valence-corrected chi connectivity index (χ2v) is 12.6. The average Bonchev–Trinajstić information content (AvgIpc) is 2.93. The first-order valence-electron chi connectivity index (χ1n) is 12.3. The Hall–Kier alpha value is -3.80. The second kappa shape index (κ2) is 13.7. The predicted molar refractivity (Wildman–Crippen MR) is 166 cm³/mol. The zero-order chi connectivity index (χ0) is 31.3. The monoisotopic (exact) mass is 679 g/mol. The first-order chi connectivity index (χ1) is 20.3. The van der Waals surface area contributed by atoms with E-state index in [0.717, 1.165) is 0 Å². The van der Waals surface area contributed by atoms with Crippen molar-refractivity contribution < 1.29 is 27.9 Å². The van der Waals surface area contributed by atoms with Crippen molar-refractivity contribution in [2.45, 2.75) is 22.3 Å². The fourth-order valence-electron chi connectivity index (χ4n) is 3.96. The lowest BCUT2D eigenvalue weighted by atomic mass is 10.1. The molecule has 4 aromatic rings. The Bertz CT molecular complexity index is 1780. The number of carbonyl (C=O) groups is 3. The van der Waals surface area contributed by atoms with Gasteiger partial charge in [-0.3, -0.25) is 4.79 Å². The summed E-state index contributed by atoms with van der Waals surface area (Å²) in [5, 5.41) is 18.0. The summed E-state index contributed by atoms with van der Waals surface area (Å²) >= 11 is 24.1. The van der Waals surface area contributed by atoms with E-state index in [2.05, 4.69) is 16.0 Å². The number of carboxylic acids is 1. The minimum atomic E-state index is -4.10. The van der Waals surface area contributed by atoms with Crippen LogP contribution in [-0.4, -0.2) is 37.5 Å². The second-order valence-electron chi connectivity index (χ2n) is 9.04. The molecule has 222 valence electrons. The number of halogens is 4. The number of carbonyl (C=O) groups excluding carboxylic acids is 2. The van der Waals surface area contributed by atoms with Gasteiger partial charge < -0.3 is 21.1 Å². The Morgan fingerprint density at radius 2 is 1.37 bits per heavy atom. The number of nitrogens with one attached hydrogen (secondary N) is 3. The fourth-order valence-corrected chi connectivity index (χ4v) is 6.22. The van der Waals surface area contributed by atoms with Crippen molar-refractivity contribution in [3.8, 4) is 0 Å². The minimum Gasteiger partial charge on any atom is -0.480 e. The third kappa shape index (κ3) is 7.98. The van der Waals surface area contributed by atoms with Crippen molar-refractivity contribution in [1.29, 1.82) is 0 Å². The maximum atomic E-state index is 13.2. The molecule has 4 N–H and O–H groups in total. The highest BCUT2D eigenvalue weighted by Gasteiger charge is 2.25. The Morgan fingerprint density at radius 1 is 0.767 bits per heavy atom. The quantitative estimate of drug-likeness (QED) is 0.147. The first kappa shape index (κ1) is 32.1. The van der Waals surface area contributed by atoms with Gasteiger partial charge in [-0.15, -0.1) is 0 Å². The number of aliphatic carboxylic acids is 1. The molecule has 0 aliphatic rings. The largest absolute Gasteiger partial charge is 0.480 e. The van der Waals surface area contributed by atoms with E-state index in [1.807, 2.05) is 0 Å². The number of anilines is 2. The Kier molecular flexibility index (Phi) is 10.2. The van der Waals surface area contributed by atoms with Crippen LogP contribution in [0.25, 0.3) is 0 Å². The molecule has 14 heteroatoms. The molecule has 0 aliphatic heterocycles. The number of hydrogen-bond acceptors (Lipinski definition) is 5. The SMILES string of the molecule is O=C(Nc1cc(Cl)ccc1S(=O)(=O)c1ccc(Cl)cc1)NC(Cc1ccc(NC(=O)c2c(Cl)cccc2Cl)cc1)C(=O)O. The maximum Gasteiger partial charge on any atom is 0.326 e. The molecular weight excluding hydrogens is 660 g/mol. The van der Waals surface area contributed by atoms with Gasteiger partial charge in [0.2, 0.25) is 9.84 Å². The first-order valence-corrected chi connectivity index (χ1v) is 15.3. The van der Waals surface area contributed by atoms with Crippen LogP contribution in [0, 0.1) is 0 Å². The summed E-state index contributed by atoms with van der Waals surface area (Å²) in [5.74, 6) is -1.86. The van der Waals surface area contributed by atoms with Crippen LogP contribution in [0.2, 0.25) is 20.1 Å². The van der Waals surface area contributed by atoms with Crippen molar-refractivity contribution in [1.82, 2.24) is 5.32 Å². The summed E-state index contributed by atoms with van der Waals surface area (Å²) in [4.78, 5) is 37.1. The highest BCUT2D eigenvalue weighted by Crippen LogP contribution is 2.31. The molecule has 0 saturated heterocycles. The lowest BCUT2D eigenvalue weighted by molar-refractivity contribution is -0.139. The van der Waals surface area contributed by atoms with E-state index >= 15 is 0 Å². The van der Waals surface area contributed by atoms with Crippen molar-refractivity contribution in [3.05, 3.63) is 116 Å². The number of benzene rings is 4. The fraction of sp³-hybridized carbons (Fsp3) is 0.0690. The summed E-state index contributed by atoms with van der Waals surface area (Å²) < 4.78 is 26.5. The molecule has 0 bridgehead atoms. The van der Waals surface area contributed by atoms with Gasteiger partial charge in [-0.2, -0.15) is 0 Å². The molecule has 0 saturated carbocycles. The standard InChI is InChI=1S/C29H21Cl4N3O6S/c30-17-6-11-20(12-7-17)43(41,42)25-13-8-18(31)15-23(25)35-29(40)36-24(28(38)39)14-16-4-9-19(10-5-16)34-27(37)26-21(32)2-1-3-22(26)33/h1-13,15,24H,14H2,(H,34,37)(H,38,39)(H2,35,36,40). The van der Waals surface area contributed by atoms with Crippen LogP contribution in [-0.2, 0) is 21.1 Å². The van der Waals surface area contributed by atoms with Crippen LogP contribution < -0.4 is 16.0 Å². The van der Waals surface area contributed by atoms with Gasteiger partial charge in [-0.05, 0) is 72.3 Å². The molecular formula is C29H21Cl4N3O6S. The van der Waals surface area contributed by atoms with Crippen molar-refractivity contribution in [2.75, 3.05) is 10.6 Å². The summed E-state index contributed by atoms with van der Waals surface area (Å²) in [5.41, 5.74) is 0.885. The van der Waals surface area contributed by atoms with Gasteiger partial charge in [0.25, 0.3) is 5.91 Å². The Balaban J connectivity index is 1.46. The molecule has 4 aromatic carbocycles. The van der Waals surface area contributed by atoms with Crippen LogP contribution in [0.5, 0.6) is 0 Å². The Morgan fingerprint density at radius 3 is 1.98 bits per heavy atom. The number of sulfone groups is 1. The van der Waals surface area contributed by atoms with Crippen LogP contribution >= 0.6 is 46.4 Å². The van der Waals surface area contributed by atoms with Gasteiger partial charge in [0.1, 0.15) is 6.04 Å². The number of hydrogen-bond donors (Lipinski definition) is 4. The van der Waals surface area contributed by atoms with Crippen LogP contribution in [0.3, 0.4) is 0 Å². The third-order valence-electron chi connectivity index (χ3n) is 6.05. The number of carboxylic acid groups (broad SMARTS) is 1. The summed E-state index contributed by atoms with van der Waals surface area (Å²) in [6, 6.07) is 17.9. The summed E-state index contributed by atoms with van der Waals surface area (Å²) in [6.45, 7) is 0. The number of rotatable bonds is 9. The van der Waals surface area contributed by atoms with Crippen molar-refractivity contribution in [3.63, 3.8) is 0 Å². The molecule has 0 radical (unpaired) electrons. The lowest BCUT2D eigenvalue weighted by Gasteiger charge is -2.17. The molecule has 0 aliphatic carbocycles. The summed E-state index contributed by atoms with van der Waals surface area (Å²) in [7, 11) is -4.10. The predicted octanol–water partition coefficient (Wildman–Crippen LogP) is 7.20. The van der Waals surface area contributed by atoms with E-state index in [-0.39, 0.29) is 42.5 Å². The van der Waals surface area contributed by atoms with Crippen LogP contribution in [0.1, 0.15) is 15.9 Å². The van der Waals surface area contributed by atoms with Gasteiger partial charge in [0.05, 0.1) is 31.1 Å². The Labute approximate surface area is 266 Å². The lowest BCUT2D eigenvalue weighted by Crippen LogP contribution is -2.44. The van der Waals surface area contributed by atoms with Crippen LogP contribution in [0.15, 0.2) is 94.7 Å². The van der Waals surface area contributed by atoms with E-state index in [0.29, 0.717) is 16.3 Å². The zero-order valence-corrected chi connectivity index (χ0v) is 25.6. The maximum absolute atomic E-state index is 13.2. The average molecular weight is 681 g/mol. The number of amides is 3. The van der Waals surface area contributed by atoms with E-state index in [9.17, 15) is 27.9 Å². The molecule has 1 unspecified atom stereocenters. The van der Waals surface area contributed by atoms with Gasteiger partial charge in [-0.1, -0.05) is 64.6 Å². The van der Waals surface area contributed by atoms with Crippen molar-refractivity contribution in [2.24, 2.45) is 0 Å². The molecule has 0 fully saturated rings. The zero-order valence-electron chi connectivity index (χ0n) is 21.8. The van der Waals surface area contributed by atoms with Gasteiger partial charge in [0.15, 0.2) is 0 Å². The normalized spacial score (nSPS) is 11.8. The van der Waals surface area contributed by atoms with E-state index in [4.69, 9.17) is 46.4 Å². The van der Waals surface area contributed by atoms with E-state index < -0.39 is 33.8 Å². The molecule has 43 heavy (non-hydrogen) atoms. The molecule has 1 atom stereocenters. The highest BCUT2D eigenvalue weighted by molar-refractivity contribution is 7.91. The molecule has 0 heterocycles. The summed E-state index contributed by atoms with van der Waals surface area (Å²) in [6.07, 6.45) is -0.126. The molecule has 3 amide bonds. The molecule has 9 nitrogen and oxygen atoms in total. The van der Waals surface area contributed by atoms with E-state index in [1.165, 1.54) is 54.6 Å². The minimum absolute atomic E-state index is 0.0688. The smallest absolute Gasteiger partial charge is 0.326 e. The van der Waals surface area contributed by atoms with Gasteiger partial charge in [-0.25, -0.2) is 18.0 Å². The molecule has 0 spiro atoms.